The van der Waals surface area contributed by atoms with E-state index in [1.165, 1.54) is 6.08 Å². The number of anilines is 1. The van der Waals surface area contributed by atoms with Crippen molar-refractivity contribution >= 4 is 28.9 Å². The van der Waals surface area contributed by atoms with E-state index >= 15 is 0 Å². The standard InChI is InChI=1S/C9H9NO3S/c1-2-3-7(11)10-6-4-5-14-8(6)9(12)13/h2-5H,1H3,(H,10,11)(H,12,13). The summed E-state index contributed by atoms with van der Waals surface area (Å²) in [6.45, 7) is 1.71. The first kappa shape index (κ1) is 10.5. The van der Waals surface area contributed by atoms with Crippen LogP contribution in [-0.4, -0.2) is 17.0 Å². The molecule has 5 heteroatoms. The zero-order valence-electron chi connectivity index (χ0n) is 7.48. The van der Waals surface area contributed by atoms with Gasteiger partial charge in [0.25, 0.3) is 0 Å². The number of hydrogen-bond donors (Lipinski definition) is 2. The zero-order valence-corrected chi connectivity index (χ0v) is 8.30. The number of carboxylic acid groups (broad SMARTS) is 1. The first-order chi connectivity index (χ1) is 6.65. The summed E-state index contributed by atoms with van der Waals surface area (Å²) < 4.78 is 0. The molecular weight excluding hydrogens is 202 g/mol. The molecule has 1 aromatic heterocycles. The molecule has 1 heterocycles. The number of carboxylic acids is 1. The fraction of sp³-hybridized carbons (Fsp3) is 0.111. The van der Waals surface area contributed by atoms with Gasteiger partial charge in [-0.15, -0.1) is 11.3 Å². The number of rotatable bonds is 3. The Kier molecular flexibility index (Phi) is 3.41. The number of nitrogens with one attached hydrogen (secondary N) is 1. The highest BCUT2D eigenvalue weighted by molar-refractivity contribution is 7.12. The number of aromatic carboxylic acids is 1. The average molecular weight is 211 g/mol. The molecule has 14 heavy (non-hydrogen) atoms. The van der Waals surface area contributed by atoms with Crippen LogP contribution in [0.2, 0.25) is 0 Å². The van der Waals surface area contributed by atoms with Gasteiger partial charge in [-0.1, -0.05) is 6.08 Å². The number of carbonyl (C=O) groups is 2. The molecule has 1 amide bonds. The molecule has 4 nitrogen and oxygen atoms in total. The molecule has 0 unspecified atom stereocenters. The molecule has 0 aromatic carbocycles. The van der Waals surface area contributed by atoms with Crippen LogP contribution < -0.4 is 5.32 Å². The van der Waals surface area contributed by atoms with Crippen molar-refractivity contribution in [2.45, 2.75) is 6.92 Å². The zero-order chi connectivity index (χ0) is 10.6. The van der Waals surface area contributed by atoms with E-state index in [1.54, 1.807) is 24.4 Å². The molecule has 0 aliphatic rings. The summed E-state index contributed by atoms with van der Waals surface area (Å²) in [7, 11) is 0. The molecular formula is C9H9NO3S. The van der Waals surface area contributed by atoms with E-state index in [9.17, 15) is 9.59 Å². The quantitative estimate of drug-likeness (QED) is 0.751. The van der Waals surface area contributed by atoms with Gasteiger partial charge in [-0.3, -0.25) is 4.79 Å². The molecule has 0 bridgehead atoms. The van der Waals surface area contributed by atoms with Crippen LogP contribution >= 0.6 is 11.3 Å². The molecule has 2 N–H and O–H groups in total. The minimum atomic E-state index is -1.03. The Morgan fingerprint density at radius 1 is 1.57 bits per heavy atom. The lowest BCUT2D eigenvalue weighted by molar-refractivity contribution is -0.111. The van der Waals surface area contributed by atoms with Gasteiger partial charge in [0.1, 0.15) is 4.88 Å². The molecule has 1 aromatic rings. The lowest BCUT2D eigenvalue weighted by Gasteiger charge is -1.99. The summed E-state index contributed by atoms with van der Waals surface area (Å²) in [6, 6.07) is 1.56. The van der Waals surface area contributed by atoms with Crippen molar-refractivity contribution in [2.75, 3.05) is 5.32 Å². The third-order valence-corrected chi connectivity index (χ3v) is 2.34. The molecule has 0 atom stereocenters. The number of amides is 1. The number of allylic oxidation sites excluding steroid dienone is 1. The monoisotopic (exact) mass is 211 g/mol. The van der Waals surface area contributed by atoms with Gasteiger partial charge < -0.3 is 10.4 Å². The van der Waals surface area contributed by atoms with E-state index in [4.69, 9.17) is 5.11 Å². The van der Waals surface area contributed by atoms with Gasteiger partial charge >= 0.3 is 5.97 Å². The van der Waals surface area contributed by atoms with Gasteiger partial charge in [0.2, 0.25) is 5.91 Å². The summed E-state index contributed by atoms with van der Waals surface area (Å²) in [5.41, 5.74) is 0.339. The fourth-order valence-electron chi connectivity index (χ4n) is 0.899. The second kappa shape index (κ2) is 4.57. The summed E-state index contributed by atoms with van der Waals surface area (Å²) >= 11 is 1.08. The largest absolute Gasteiger partial charge is 0.477 e. The van der Waals surface area contributed by atoms with Crippen molar-refractivity contribution < 1.29 is 14.7 Å². The van der Waals surface area contributed by atoms with Crippen molar-refractivity contribution in [3.05, 3.63) is 28.5 Å². The highest BCUT2D eigenvalue weighted by atomic mass is 32.1. The Hall–Kier alpha value is -1.62. The molecule has 0 aliphatic carbocycles. The van der Waals surface area contributed by atoms with Crippen LogP contribution in [0.15, 0.2) is 23.6 Å². The van der Waals surface area contributed by atoms with E-state index in [-0.39, 0.29) is 10.8 Å². The summed E-state index contributed by atoms with van der Waals surface area (Å²) in [5, 5.41) is 12.8. The van der Waals surface area contributed by atoms with Gasteiger partial charge in [-0.05, 0) is 24.4 Å². The molecule has 74 valence electrons. The van der Waals surface area contributed by atoms with E-state index in [2.05, 4.69) is 5.32 Å². The highest BCUT2D eigenvalue weighted by Crippen LogP contribution is 2.21. The lowest BCUT2D eigenvalue weighted by atomic mass is 10.3. The SMILES string of the molecule is CC=CC(=O)Nc1ccsc1C(=O)O. The topological polar surface area (TPSA) is 66.4 Å². The van der Waals surface area contributed by atoms with Gasteiger partial charge in [0.15, 0.2) is 0 Å². The molecule has 0 aliphatic heterocycles. The summed E-state index contributed by atoms with van der Waals surface area (Å²) in [4.78, 5) is 21.9. The molecule has 0 radical (unpaired) electrons. The van der Waals surface area contributed by atoms with Gasteiger partial charge in [-0.25, -0.2) is 4.79 Å². The average Bonchev–Trinajstić information content (AvgIpc) is 2.52. The lowest BCUT2D eigenvalue weighted by Crippen LogP contribution is -2.09. The van der Waals surface area contributed by atoms with Crippen LogP contribution in [0, 0.1) is 0 Å². The van der Waals surface area contributed by atoms with Crippen LogP contribution in [0.5, 0.6) is 0 Å². The Labute approximate surface area is 84.9 Å². The first-order valence-corrected chi connectivity index (χ1v) is 4.77. The predicted molar refractivity (Wildman–Crippen MR) is 54.7 cm³/mol. The minimum Gasteiger partial charge on any atom is -0.477 e. The maximum absolute atomic E-state index is 11.1. The number of carbonyl (C=O) groups excluding carboxylic acids is 1. The Bertz CT molecular complexity index is 381. The fourth-order valence-corrected chi connectivity index (χ4v) is 1.59. The van der Waals surface area contributed by atoms with Crippen LogP contribution in [0.1, 0.15) is 16.6 Å². The minimum absolute atomic E-state index is 0.142. The number of hydrogen-bond acceptors (Lipinski definition) is 3. The predicted octanol–water partition coefficient (Wildman–Crippen LogP) is 1.96. The maximum Gasteiger partial charge on any atom is 0.348 e. The third-order valence-electron chi connectivity index (χ3n) is 1.44. The second-order valence-electron chi connectivity index (χ2n) is 2.46. The van der Waals surface area contributed by atoms with Crippen LogP contribution in [0.4, 0.5) is 5.69 Å². The van der Waals surface area contributed by atoms with Crippen molar-refractivity contribution in [3.63, 3.8) is 0 Å². The van der Waals surface area contributed by atoms with Crippen molar-refractivity contribution in [2.24, 2.45) is 0 Å². The van der Waals surface area contributed by atoms with Gasteiger partial charge in [-0.2, -0.15) is 0 Å². The second-order valence-corrected chi connectivity index (χ2v) is 3.37. The van der Waals surface area contributed by atoms with E-state index in [0.29, 0.717) is 5.69 Å². The molecule has 1 rings (SSSR count). The molecule has 0 fully saturated rings. The van der Waals surface area contributed by atoms with Crippen LogP contribution in [0.25, 0.3) is 0 Å². The smallest absolute Gasteiger partial charge is 0.348 e. The summed E-state index contributed by atoms with van der Waals surface area (Å²) in [6.07, 6.45) is 2.92. The Morgan fingerprint density at radius 3 is 2.86 bits per heavy atom. The van der Waals surface area contributed by atoms with E-state index in [1.807, 2.05) is 0 Å². The molecule has 0 spiro atoms. The maximum atomic E-state index is 11.1. The number of thiophene rings is 1. The molecule has 0 saturated carbocycles. The van der Waals surface area contributed by atoms with Gasteiger partial charge in [0, 0.05) is 0 Å². The third kappa shape index (κ3) is 2.43. The normalized spacial score (nSPS) is 10.4. The van der Waals surface area contributed by atoms with Crippen molar-refractivity contribution in [3.8, 4) is 0 Å². The molecule has 0 saturated heterocycles. The summed E-state index contributed by atoms with van der Waals surface area (Å²) in [5.74, 6) is -1.36. The Morgan fingerprint density at radius 2 is 2.29 bits per heavy atom. The first-order valence-electron chi connectivity index (χ1n) is 3.89. The highest BCUT2D eigenvalue weighted by Gasteiger charge is 2.12. The van der Waals surface area contributed by atoms with E-state index < -0.39 is 5.97 Å². The Balaban J connectivity index is 2.81. The van der Waals surface area contributed by atoms with Crippen LogP contribution in [-0.2, 0) is 4.79 Å². The van der Waals surface area contributed by atoms with Crippen molar-refractivity contribution in [1.82, 2.24) is 0 Å². The van der Waals surface area contributed by atoms with E-state index in [0.717, 1.165) is 11.3 Å². The van der Waals surface area contributed by atoms with Crippen LogP contribution in [0.3, 0.4) is 0 Å². The van der Waals surface area contributed by atoms with Gasteiger partial charge in [0.05, 0.1) is 5.69 Å². The van der Waals surface area contributed by atoms with Crippen molar-refractivity contribution in [1.29, 1.82) is 0 Å².